The molecule has 5 heteroatoms. The maximum absolute atomic E-state index is 12.2. The molecule has 0 aliphatic carbocycles. The van der Waals surface area contributed by atoms with E-state index in [4.69, 9.17) is 4.74 Å². The van der Waals surface area contributed by atoms with Gasteiger partial charge < -0.3 is 15.0 Å². The summed E-state index contributed by atoms with van der Waals surface area (Å²) in [6, 6.07) is 10.1. The van der Waals surface area contributed by atoms with Crippen molar-refractivity contribution in [2.45, 2.75) is 19.4 Å². The molecule has 0 unspecified atom stereocenters. The van der Waals surface area contributed by atoms with Crippen LogP contribution in [0, 0.1) is 5.92 Å². The number of amides is 1. The summed E-state index contributed by atoms with van der Waals surface area (Å²) in [5.74, 6) is 0.931. The van der Waals surface area contributed by atoms with Crippen LogP contribution in [0.3, 0.4) is 0 Å². The van der Waals surface area contributed by atoms with Crippen molar-refractivity contribution in [2.75, 3.05) is 46.9 Å². The second kappa shape index (κ2) is 8.89. The topological polar surface area (TPSA) is 44.8 Å². The first-order valence-corrected chi connectivity index (χ1v) is 8.40. The number of nitrogens with zero attached hydrogens (tertiary/aromatic N) is 2. The van der Waals surface area contributed by atoms with Gasteiger partial charge in [0.05, 0.1) is 6.61 Å². The first-order valence-electron chi connectivity index (χ1n) is 8.40. The lowest BCUT2D eigenvalue weighted by atomic mass is 10.1. The number of benzene rings is 1. The van der Waals surface area contributed by atoms with E-state index in [-0.39, 0.29) is 11.8 Å². The predicted octanol–water partition coefficient (Wildman–Crippen LogP) is 1.45. The van der Waals surface area contributed by atoms with Gasteiger partial charge in [-0.3, -0.25) is 9.69 Å². The van der Waals surface area contributed by atoms with Crippen LogP contribution in [-0.2, 0) is 4.79 Å². The number of hydrogen-bond donors (Lipinski definition) is 1. The minimum atomic E-state index is -0.0367. The van der Waals surface area contributed by atoms with Crippen molar-refractivity contribution in [3.8, 4) is 5.75 Å². The number of carbonyl (C=O) groups is 1. The zero-order valence-corrected chi connectivity index (χ0v) is 14.5. The van der Waals surface area contributed by atoms with Crippen LogP contribution in [0.4, 0.5) is 0 Å². The number of ether oxygens (including phenoxy) is 1. The molecule has 1 aliphatic heterocycles. The van der Waals surface area contributed by atoms with E-state index in [0.29, 0.717) is 19.2 Å². The Kier molecular flexibility index (Phi) is 6.86. The van der Waals surface area contributed by atoms with E-state index in [0.717, 1.165) is 31.8 Å². The quantitative estimate of drug-likeness (QED) is 0.826. The van der Waals surface area contributed by atoms with Crippen molar-refractivity contribution in [2.24, 2.45) is 5.92 Å². The predicted molar refractivity (Wildman–Crippen MR) is 92.6 cm³/mol. The van der Waals surface area contributed by atoms with Crippen molar-refractivity contribution >= 4 is 5.91 Å². The Hall–Kier alpha value is -1.59. The highest BCUT2D eigenvalue weighted by atomic mass is 16.5. The number of likely N-dealkylation sites (N-methyl/N-ethyl adjacent to an activating group) is 2. The largest absolute Gasteiger partial charge is 0.494 e. The fourth-order valence-corrected chi connectivity index (χ4v) is 2.72. The molecule has 1 amide bonds. The van der Waals surface area contributed by atoms with Gasteiger partial charge in [-0.25, -0.2) is 0 Å². The zero-order valence-electron chi connectivity index (χ0n) is 14.5. The molecule has 1 N–H and O–H groups in total. The minimum absolute atomic E-state index is 0.0367. The number of hydrogen-bond acceptors (Lipinski definition) is 4. The van der Waals surface area contributed by atoms with Crippen LogP contribution >= 0.6 is 0 Å². The van der Waals surface area contributed by atoms with Crippen LogP contribution in [0.1, 0.15) is 13.3 Å². The van der Waals surface area contributed by atoms with E-state index < -0.39 is 0 Å². The lowest BCUT2D eigenvalue weighted by molar-refractivity contribution is -0.125. The average Bonchev–Trinajstić information content (AvgIpc) is 2.56. The van der Waals surface area contributed by atoms with Gasteiger partial charge in [-0.15, -0.1) is 0 Å². The molecular formula is C18H29N3O2. The van der Waals surface area contributed by atoms with Crippen molar-refractivity contribution in [3.63, 3.8) is 0 Å². The molecule has 23 heavy (non-hydrogen) atoms. The minimum Gasteiger partial charge on any atom is -0.494 e. The third-order valence-electron chi connectivity index (χ3n) is 4.50. The van der Waals surface area contributed by atoms with Gasteiger partial charge in [0.15, 0.2) is 0 Å². The summed E-state index contributed by atoms with van der Waals surface area (Å²) in [6.07, 6.45) is 0.723. The van der Waals surface area contributed by atoms with E-state index in [1.807, 2.05) is 37.3 Å². The monoisotopic (exact) mass is 319 g/mol. The van der Waals surface area contributed by atoms with Gasteiger partial charge in [0.1, 0.15) is 5.75 Å². The third kappa shape index (κ3) is 5.84. The van der Waals surface area contributed by atoms with Gasteiger partial charge in [-0.1, -0.05) is 25.1 Å². The van der Waals surface area contributed by atoms with Crippen LogP contribution < -0.4 is 10.1 Å². The Bertz CT molecular complexity index is 480. The van der Waals surface area contributed by atoms with Gasteiger partial charge >= 0.3 is 0 Å². The van der Waals surface area contributed by atoms with Gasteiger partial charge in [0, 0.05) is 38.1 Å². The highest BCUT2D eigenvalue weighted by molar-refractivity contribution is 5.78. The summed E-state index contributed by atoms with van der Waals surface area (Å²) in [4.78, 5) is 16.9. The molecule has 0 bridgehead atoms. The van der Waals surface area contributed by atoms with Crippen LogP contribution in [-0.4, -0.2) is 68.6 Å². The average molecular weight is 319 g/mol. The lowest BCUT2D eigenvalue weighted by Crippen LogP contribution is -2.54. The van der Waals surface area contributed by atoms with Crippen molar-refractivity contribution in [1.29, 1.82) is 0 Å². The second-order valence-electron chi connectivity index (χ2n) is 6.49. The first kappa shape index (κ1) is 17.8. The summed E-state index contributed by atoms with van der Waals surface area (Å²) in [6.45, 7) is 6.38. The van der Waals surface area contributed by atoms with Gasteiger partial charge in [0.25, 0.3) is 0 Å². The van der Waals surface area contributed by atoms with Crippen molar-refractivity contribution in [1.82, 2.24) is 15.1 Å². The normalized spacial score (nSPS) is 20.9. The van der Waals surface area contributed by atoms with Crippen molar-refractivity contribution < 1.29 is 9.53 Å². The number of piperazine rings is 1. The summed E-state index contributed by atoms with van der Waals surface area (Å²) < 4.78 is 5.66. The third-order valence-corrected chi connectivity index (χ3v) is 4.50. The Balaban J connectivity index is 1.66. The summed E-state index contributed by atoms with van der Waals surface area (Å²) in [5, 5.41) is 3.09. The fourth-order valence-electron chi connectivity index (χ4n) is 2.72. The van der Waals surface area contributed by atoms with Crippen LogP contribution in [0.25, 0.3) is 0 Å². The molecule has 5 nitrogen and oxygen atoms in total. The molecule has 0 spiro atoms. The van der Waals surface area contributed by atoms with Crippen molar-refractivity contribution in [3.05, 3.63) is 30.3 Å². The molecule has 1 saturated heterocycles. The summed E-state index contributed by atoms with van der Waals surface area (Å²) in [5.41, 5.74) is 0. The summed E-state index contributed by atoms with van der Waals surface area (Å²) >= 11 is 0. The molecule has 0 radical (unpaired) electrons. The number of para-hydroxylation sites is 1. The number of carbonyl (C=O) groups excluding carboxylic acids is 1. The fraction of sp³-hybridized carbons (Fsp3) is 0.611. The first-order chi connectivity index (χ1) is 11.1. The molecule has 1 aromatic carbocycles. The molecule has 2 atom stereocenters. The van der Waals surface area contributed by atoms with E-state index in [2.05, 4.69) is 29.2 Å². The molecule has 1 heterocycles. The zero-order chi connectivity index (χ0) is 16.7. The Morgan fingerprint density at radius 2 is 2.04 bits per heavy atom. The van der Waals surface area contributed by atoms with E-state index in [1.54, 1.807) is 0 Å². The lowest BCUT2D eigenvalue weighted by Gasteiger charge is -2.37. The number of rotatable bonds is 7. The van der Waals surface area contributed by atoms with E-state index >= 15 is 0 Å². The smallest absolute Gasteiger partial charge is 0.223 e. The highest BCUT2D eigenvalue weighted by Crippen LogP contribution is 2.11. The van der Waals surface area contributed by atoms with Gasteiger partial charge in [-0.2, -0.15) is 0 Å². The molecule has 1 aromatic rings. The standard InChI is InChI=1S/C18H29N3O2/c1-15(9-12-23-17-7-5-4-6-8-17)18(22)19-13-16-14-20(2)10-11-21(16)3/h4-8,15-16H,9-14H2,1-3H3,(H,19,22)/t15-,16+/m0/s1. The molecule has 128 valence electrons. The summed E-state index contributed by atoms with van der Waals surface area (Å²) in [7, 11) is 4.26. The number of nitrogens with one attached hydrogen (secondary N) is 1. The maximum Gasteiger partial charge on any atom is 0.223 e. The van der Waals surface area contributed by atoms with Gasteiger partial charge in [0.2, 0.25) is 5.91 Å². The Morgan fingerprint density at radius 1 is 1.30 bits per heavy atom. The van der Waals surface area contributed by atoms with E-state index in [1.165, 1.54) is 0 Å². The van der Waals surface area contributed by atoms with Gasteiger partial charge in [-0.05, 0) is 32.6 Å². The Morgan fingerprint density at radius 3 is 2.78 bits per heavy atom. The molecule has 2 rings (SSSR count). The maximum atomic E-state index is 12.2. The molecule has 0 saturated carbocycles. The second-order valence-corrected chi connectivity index (χ2v) is 6.49. The van der Waals surface area contributed by atoms with Crippen LogP contribution in [0.2, 0.25) is 0 Å². The van der Waals surface area contributed by atoms with E-state index in [9.17, 15) is 4.79 Å². The molecular weight excluding hydrogens is 290 g/mol. The molecule has 1 aliphatic rings. The molecule has 0 aromatic heterocycles. The Labute approximate surface area is 139 Å². The van der Waals surface area contributed by atoms with Crippen LogP contribution in [0.15, 0.2) is 30.3 Å². The molecule has 1 fully saturated rings. The SMILES string of the molecule is C[C@@H](CCOc1ccccc1)C(=O)NC[C@@H]1CN(C)CCN1C. The van der Waals surface area contributed by atoms with Crippen LogP contribution in [0.5, 0.6) is 5.75 Å². The highest BCUT2D eigenvalue weighted by Gasteiger charge is 2.23.